The SMILES string of the molecule is CC1(C)CC(=O)C2=C(C1)OC(N)=C(C#N)C21C(=O)N(CCc2ccccc2)c2ccccc21. The summed E-state index contributed by atoms with van der Waals surface area (Å²) < 4.78 is 5.84. The second-order valence-electron chi connectivity index (χ2n) is 9.65. The molecule has 1 atom stereocenters. The zero-order valence-electron chi connectivity index (χ0n) is 18.7. The third kappa shape index (κ3) is 3.00. The van der Waals surface area contributed by atoms with Crippen LogP contribution in [0.5, 0.6) is 0 Å². The van der Waals surface area contributed by atoms with Crippen LogP contribution in [0.2, 0.25) is 0 Å². The zero-order chi connectivity index (χ0) is 23.4. The molecule has 1 spiro atoms. The fraction of sp³-hybridized carbons (Fsp3) is 0.296. The monoisotopic (exact) mass is 439 g/mol. The van der Waals surface area contributed by atoms with Gasteiger partial charge in [0.1, 0.15) is 22.8 Å². The van der Waals surface area contributed by atoms with Gasteiger partial charge in [-0.15, -0.1) is 0 Å². The van der Waals surface area contributed by atoms with Crippen LogP contribution in [0, 0.1) is 16.7 Å². The fourth-order valence-corrected chi connectivity index (χ4v) is 5.45. The number of nitriles is 1. The summed E-state index contributed by atoms with van der Waals surface area (Å²) in [5, 5.41) is 10.1. The Morgan fingerprint density at radius 3 is 2.48 bits per heavy atom. The first-order valence-electron chi connectivity index (χ1n) is 11.1. The van der Waals surface area contributed by atoms with Crippen molar-refractivity contribution < 1.29 is 14.3 Å². The van der Waals surface area contributed by atoms with E-state index in [2.05, 4.69) is 6.07 Å². The summed E-state index contributed by atoms with van der Waals surface area (Å²) in [7, 11) is 0. The molecule has 0 aromatic heterocycles. The van der Waals surface area contributed by atoms with E-state index in [1.807, 2.05) is 68.4 Å². The molecule has 0 bridgehead atoms. The number of rotatable bonds is 3. The van der Waals surface area contributed by atoms with Crippen molar-refractivity contribution in [3.63, 3.8) is 0 Å². The number of benzene rings is 2. The number of anilines is 1. The summed E-state index contributed by atoms with van der Waals surface area (Å²) in [5.74, 6) is -0.187. The van der Waals surface area contributed by atoms with E-state index < -0.39 is 5.41 Å². The van der Waals surface area contributed by atoms with Crippen molar-refractivity contribution in [2.75, 3.05) is 11.4 Å². The van der Waals surface area contributed by atoms with Crippen molar-refractivity contribution in [3.05, 3.63) is 88.5 Å². The molecule has 2 heterocycles. The molecule has 0 saturated heterocycles. The fourth-order valence-electron chi connectivity index (χ4n) is 5.45. The van der Waals surface area contributed by atoms with Crippen LogP contribution < -0.4 is 10.6 Å². The molecule has 1 aliphatic carbocycles. The van der Waals surface area contributed by atoms with E-state index in [9.17, 15) is 14.9 Å². The molecule has 2 N–H and O–H groups in total. The average molecular weight is 440 g/mol. The summed E-state index contributed by atoms with van der Waals surface area (Å²) in [5.41, 5.74) is 7.03. The lowest BCUT2D eigenvalue weighted by Crippen LogP contribution is -2.50. The van der Waals surface area contributed by atoms with Crippen molar-refractivity contribution in [2.45, 2.75) is 38.5 Å². The van der Waals surface area contributed by atoms with Crippen LogP contribution in [0.4, 0.5) is 5.69 Å². The summed E-state index contributed by atoms with van der Waals surface area (Å²) >= 11 is 0. The number of carbonyl (C=O) groups is 2. The van der Waals surface area contributed by atoms with Gasteiger partial charge in [-0.2, -0.15) is 5.26 Å². The van der Waals surface area contributed by atoms with Crippen molar-refractivity contribution in [2.24, 2.45) is 11.1 Å². The summed E-state index contributed by atoms with van der Waals surface area (Å²) in [4.78, 5) is 29.5. The number of para-hydroxylation sites is 1. The van der Waals surface area contributed by atoms with Gasteiger partial charge in [0.25, 0.3) is 0 Å². The van der Waals surface area contributed by atoms with Crippen LogP contribution in [-0.4, -0.2) is 18.2 Å². The number of nitrogens with two attached hydrogens (primary N) is 1. The molecule has 3 aliphatic rings. The van der Waals surface area contributed by atoms with Gasteiger partial charge in [0.15, 0.2) is 5.78 Å². The first-order valence-corrected chi connectivity index (χ1v) is 11.1. The first kappa shape index (κ1) is 21.0. The van der Waals surface area contributed by atoms with Gasteiger partial charge >= 0.3 is 0 Å². The first-order chi connectivity index (χ1) is 15.8. The normalized spacial score (nSPS) is 23.4. The Bertz CT molecular complexity index is 1280. The molecule has 2 aromatic carbocycles. The highest BCUT2D eigenvalue weighted by Gasteiger charge is 2.62. The number of nitrogens with zero attached hydrogens (tertiary/aromatic N) is 2. The van der Waals surface area contributed by atoms with Crippen molar-refractivity contribution in [1.29, 1.82) is 5.26 Å². The lowest BCUT2D eigenvalue weighted by molar-refractivity contribution is -0.125. The number of ether oxygens (including phenoxy) is 1. The van der Waals surface area contributed by atoms with Crippen molar-refractivity contribution in [1.82, 2.24) is 0 Å². The quantitative estimate of drug-likeness (QED) is 0.783. The number of fused-ring (bicyclic) bond motifs is 3. The minimum absolute atomic E-state index is 0.00559. The van der Waals surface area contributed by atoms with E-state index in [1.165, 1.54) is 0 Å². The van der Waals surface area contributed by atoms with Crippen LogP contribution in [0.1, 0.15) is 37.8 Å². The van der Waals surface area contributed by atoms with Gasteiger partial charge in [-0.05, 0) is 23.5 Å². The third-order valence-electron chi connectivity index (χ3n) is 6.81. The van der Waals surface area contributed by atoms with Gasteiger partial charge in [0, 0.05) is 30.6 Å². The molecule has 6 heteroatoms. The van der Waals surface area contributed by atoms with Gasteiger partial charge < -0.3 is 15.4 Å². The average Bonchev–Trinajstić information content (AvgIpc) is 3.00. The van der Waals surface area contributed by atoms with E-state index in [-0.39, 0.29) is 40.6 Å². The van der Waals surface area contributed by atoms with E-state index in [0.29, 0.717) is 36.4 Å². The molecule has 6 nitrogen and oxygen atoms in total. The van der Waals surface area contributed by atoms with Gasteiger partial charge in [-0.3, -0.25) is 9.59 Å². The molecule has 0 saturated carbocycles. The number of amides is 1. The molecule has 1 amide bonds. The lowest BCUT2D eigenvalue weighted by atomic mass is 9.62. The summed E-state index contributed by atoms with van der Waals surface area (Å²) in [6, 6.07) is 19.4. The Morgan fingerprint density at radius 1 is 1.06 bits per heavy atom. The zero-order valence-corrected chi connectivity index (χ0v) is 18.7. The standard InChI is InChI=1S/C27H25N3O3/c1-26(2)14-21(31)23-22(15-26)33-24(29)19(16-28)27(23)18-10-6-7-11-20(18)30(25(27)32)13-12-17-8-4-3-5-9-17/h3-11H,12-15,29H2,1-2H3. The third-order valence-corrected chi connectivity index (χ3v) is 6.81. The van der Waals surface area contributed by atoms with Crippen LogP contribution in [0.15, 0.2) is 77.4 Å². The molecule has 166 valence electrons. The van der Waals surface area contributed by atoms with Gasteiger partial charge in [-0.25, -0.2) is 0 Å². The number of hydrogen-bond acceptors (Lipinski definition) is 5. The van der Waals surface area contributed by atoms with E-state index in [1.54, 1.807) is 4.90 Å². The Hall–Kier alpha value is -3.85. The molecular weight excluding hydrogens is 414 g/mol. The van der Waals surface area contributed by atoms with Crippen molar-refractivity contribution >= 4 is 17.4 Å². The van der Waals surface area contributed by atoms with Gasteiger partial charge in [-0.1, -0.05) is 62.4 Å². The van der Waals surface area contributed by atoms with Crippen LogP contribution >= 0.6 is 0 Å². The second kappa shape index (κ2) is 7.35. The topological polar surface area (TPSA) is 96.4 Å². The molecule has 2 aromatic rings. The Kier molecular flexibility index (Phi) is 4.68. The number of allylic oxidation sites excluding steroid dienone is 1. The molecule has 2 aliphatic heterocycles. The maximum atomic E-state index is 14.3. The highest BCUT2D eigenvalue weighted by atomic mass is 16.5. The minimum Gasteiger partial charge on any atom is -0.444 e. The molecule has 0 radical (unpaired) electrons. The van der Waals surface area contributed by atoms with Crippen LogP contribution in [-0.2, 0) is 26.2 Å². The number of Topliss-reactive ketones (excluding diaryl/α,β-unsaturated/α-hetero) is 1. The largest absolute Gasteiger partial charge is 0.444 e. The number of hydrogen-bond donors (Lipinski definition) is 1. The van der Waals surface area contributed by atoms with E-state index in [4.69, 9.17) is 10.5 Å². The molecule has 0 fully saturated rings. The van der Waals surface area contributed by atoms with Gasteiger partial charge in [0.2, 0.25) is 11.8 Å². The van der Waals surface area contributed by atoms with Crippen LogP contribution in [0.3, 0.4) is 0 Å². The molecule has 5 rings (SSSR count). The highest BCUT2D eigenvalue weighted by Crippen LogP contribution is 2.57. The predicted octanol–water partition coefficient (Wildman–Crippen LogP) is 3.88. The number of carbonyl (C=O) groups excluding carboxylic acids is 2. The summed E-state index contributed by atoms with van der Waals surface area (Å²) in [6.07, 6.45) is 1.38. The predicted molar refractivity (Wildman–Crippen MR) is 124 cm³/mol. The molecule has 1 unspecified atom stereocenters. The highest BCUT2D eigenvalue weighted by molar-refractivity contribution is 6.20. The van der Waals surface area contributed by atoms with Gasteiger partial charge in [0.05, 0.1) is 5.57 Å². The maximum Gasteiger partial charge on any atom is 0.247 e. The smallest absolute Gasteiger partial charge is 0.247 e. The maximum absolute atomic E-state index is 14.3. The molecular formula is C27H25N3O3. The van der Waals surface area contributed by atoms with E-state index >= 15 is 0 Å². The number of ketones is 1. The Balaban J connectivity index is 1.70. The second-order valence-corrected chi connectivity index (χ2v) is 9.65. The van der Waals surface area contributed by atoms with Crippen molar-refractivity contribution in [3.8, 4) is 6.07 Å². The summed E-state index contributed by atoms with van der Waals surface area (Å²) in [6.45, 7) is 4.39. The Labute approximate surface area is 192 Å². The van der Waals surface area contributed by atoms with E-state index in [0.717, 1.165) is 5.56 Å². The lowest BCUT2D eigenvalue weighted by Gasteiger charge is -2.41. The van der Waals surface area contributed by atoms with Crippen LogP contribution in [0.25, 0.3) is 0 Å². The molecule has 33 heavy (non-hydrogen) atoms. The Morgan fingerprint density at radius 2 is 1.76 bits per heavy atom. The minimum atomic E-state index is -1.56.